The number of benzene rings is 2. The molecule has 0 radical (unpaired) electrons. The first-order chi connectivity index (χ1) is 17.9. The minimum Gasteiger partial charge on any atom is -0.480 e. The summed E-state index contributed by atoms with van der Waals surface area (Å²) in [6, 6.07) is 9.51. The van der Waals surface area contributed by atoms with E-state index in [0.29, 0.717) is 11.3 Å². The van der Waals surface area contributed by atoms with Gasteiger partial charge in [0, 0.05) is 12.6 Å². The number of carbonyl (C=O) groups excluding carboxylic acids is 3. The van der Waals surface area contributed by atoms with Crippen LogP contribution in [0.5, 0.6) is 5.75 Å². The zero-order valence-electron chi connectivity index (χ0n) is 20.1. The number of amides is 4. The number of hydrogen-bond acceptors (Lipinski definition) is 6. The molecule has 2 aliphatic heterocycles. The topological polar surface area (TPSA) is 151 Å². The number of carbonyl (C=O) groups is 4. The van der Waals surface area contributed by atoms with Crippen molar-refractivity contribution in [2.45, 2.75) is 37.7 Å². The summed E-state index contributed by atoms with van der Waals surface area (Å²) in [6.07, 6.45) is -5.07. The van der Waals surface area contributed by atoms with Crippen molar-refractivity contribution in [3.05, 3.63) is 59.7 Å². The van der Waals surface area contributed by atoms with E-state index in [2.05, 4.69) is 15.4 Å². The highest BCUT2D eigenvalue weighted by molar-refractivity contribution is 6.24. The highest BCUT2D eigenvalue weighted by Crippen LogP contribution is 2.52. The van der Waals surface area contributed by atoms with Gasteiger partial charge in [0.25, 0.3) is 0 Å². The molecular weight excluding hydrogens is 509 g/mol. The maximum Gasteiger partial charge on any atom is 0.573 e. The van der Waals surface area contributed by atoms with Gasteiger partial charge in [-0.2, -0.15) is 0 Å². The molecule has 4 amide bonds. The Morgan fingerprint density at radius 3 is 2.50 bits per heavy atom. The van der Waals surface area contributed by atoms with Crippen LogP contribution in [-0.4, -0.2) is 47.4 Å². The van der Waals surface area contributed by atoms with E-state index in [1.54, 1.807) is 31.2 Å². The maximum atomic E-state index is 13.8. The molecule has 38 heavy (non-hydrogen) atoms. The van der Waals surface area contributed by atoms with Crippen LogP contribution < -0.4 is 26.0 Å². The number of alkyl halides is 3. The number of halogens is 3. The number of urea groups is 1. The number of carboxylic acids is 1. The molecule has 0 aliphatic carbocycles. The summed E-state index contributed by atoms with van der Waals surface area (Å²) in [5, 5.41) is 15.6. The molecule has 2 aliphatic rings. The molecule has 2 aromatic rings. The summed E-state index contributed by atoms with van der Waals surface area (Å²) >= 11 is 0. The third-order valence-corrected chi connectivity index (χ3v) is 6.89. The lowest BCUT2D eigenvalue weighted by molar-refractivity contribution is -0.274. The molecule has 2 fully saturated rings. The molecule has 0 aromatic heterocycles. The molecule has 0 bridgehead atoms. The van der Waals surface area contributed by atoms with Crippen LogP contribution in [-0.2, 0) is 14.4 Å². The van der Waals surface area contributed by atoms with Gasteiger partial charge in [0.05, 0.1) is 17.5 Å². The van der Waals surface area contributed by atoms with E-state index in [1.807, 2.05) is 0 Å². The van der Waals surface area contributed by atoms with Crippen molar-refractivity contribution in [2.75, 3.05) is 11.4 Å². The Bertz CT molecular complexity index is 1290. The van der Waals surface area contributed by atoms with Crippen molar-refractivity contribution in [1.29, 1.82) is 0 Å². The standard InChI is InChI=1S/C25H25F3N4O6/c1-13-6-2-3-9-16(13)32-20(33)17-18(21(32)34)24(22(35)36,10-5-11-30-23(29)37)31-19(17)14-7-4-8-15(12-14)38-25(26,27)28/h2-4,6-9,12,17-19,31H,5,10-11H2,1H3,(H,35,36)(H3,29,30,37). The third-order valence-electron chi connectivity index (χ3n) is 6.89. The number of anilines is 1. The molecule has 5 N–H and O–H groups in total. The van der Waals surface area contributed by atoms with Crippen molar-refractivity contribution >= 4 is 29.5 Å². The summed E-state index contributed by atoms with van der Waals surface area (Å²) in [5.41, 5.74) is 4.16. The molecule has 2 aromatic carbocycles. The number of imide groups is 1. The van der Waals surface area contributed by atoms with E-state index in [1.165, 1.54) is 12.1 Å². The Labute approximate surface area is 214 Å². The zero-order chi connectivity index (χ0) is 27.8. The minimum absolute atomic E-state index is 0.00660. The van der Waals surface area contributed by atoms with Crippen molar-refractivity contribution < 1.29 is 42.2 Å². The van der Waals surface area contributed by atoms with Gasteiger partial charge in [-0.25, -0.2) is 9.69 Å². The van der Waals surface area contributed by atoms with E-state index < -0.39 is 59.3 Å². The van der Waals surface area contributed by atoms with Crippen LogP contribution in [0.1, 0.15) is 30.0 Å². The zero-order valence-corrected chi connectivity index (χ0v) is 20.1. The van der Waals surface area contributed by atoms with Gasteiger partial charge in [-0.15, -0.1) is 13.2 Å². The second-order valence-corrected chi connectivity index (χ2v) is 9.22. The highest BCUT2D eigenvalue weighted by atomic mass is 19.4. The number of rotatable bonds is 8. The molecular formula is C25H25F3N4O6. The second-order valence-electron chi connectivity index (χ2n) is 9.22. The molecule has 13 heteroatoms. The smallest absolute Gasteiger partial charge is 0.480 e. The van der Waals surface area contributed by atoms with Gasteiger partial charge >= 0.3 is 18.4 Å². The lowest BCUT2D eigenvalue weighted by atomic mass is 9.77. The number of ether oxygens (including phenoxy) is 1. The summed E-state index contributed by atoms with van der Waals surface area (Å²) < 4.78 is 42.6. The molecule has 2 heterocycles. The predicted octanol–water partition coefficient (Wildman–Crippen LogP) is 2.62. The van der Waals surface area contributed by atoms with Gasteiger partial charge in [-0.3, -0.25) is 19.7 Å². The Balaban J connectivity index is 1.79. The largest absolute Gasteiger partial charge is 0.573 e. The molecule has 2 saturated heterocycles. The van der Waals surface area contributed by atoms with Gasteiger partial charge in [0.2, 0.25) is 11.8 Å². The normalized spacial score (nSPS) is 24.8. The number of carboxylic acid groups (broad SMARTS) is 1. The first kappa shape index (κ1) is 26.9. The number of aryl methyl sites for hydroxylation is 1. The Hall–Kier alpha value is -4.13. The van der Waals surface area contributed by atoms with Gasteiger partial charge in [0.1, 0.15) is 11.3 Å². The summed E-state index contributed by atoms with van der Waals surface area (Å²) in [7, 11) is 0. The van der Waals surface area contributed by atoms with Crippen molar-refractivity contribution in [1.82, 2.24) is 10.6 Å². The Morgan fingerprint density at radius 2 is 1.87 bits per heavy atom. The summed E-state index contributed by atoms with van der Waals surface area (Å²) in [4.78, 5) is 52.3. The number of nitrogens with two attached hydrogens (primary N) is 1. The fourth-order valence-electron chi connectivity index (χ4n) is 5.36. The lowest BCUT2D eigenvalue weighted by Crippen LogP contribution is -2.56. The SMILES string of the molecule is Cc1ccccc1N1C(=O)C2C(c3cccc(OC(F)(F)F)c3)NC(CCCNC(N)=O)(C(=O)O)C2C1=O. The first-order valence-electron chi connectivity index (χ1n) is 11.7. The maximum absolute atomic E-state index is 13.8. The quantitative estimate of drug-likeness (QED) is 0.300. The monoisotopic (exact) mass is 534 g/mol. The fraction of sp³-hybridized carbons (Fsp3) is 0.360. The Morgan fingerprint density at radius 1 is 1.16 bits per heavy atom. The summed E-state index contributed by atoms with van der Waals surface area (Å²) in [5.74, 6) is -5.99. The number of nitrogens with one attached hydrogen (secondary N) is 2. The molecule has 4 rings (SSSR count). The summed E-state index contributed by atoms with van der Waals surface area (Å²) in [6.45, 7) is 1.70. The molecule has 4 atom stereocenters. The van der Waals surface area contributed by atoms with Gasteiger partial charge in [-0.1, -0.05) is 30.3 Å². The molecule has 202 valence electrons. The van der Waals surface area contributed by atoms with E-state index >= 15 is 0 Å². The van der Waals surface area contributed by atoms with Crippen LogP contribution >= 0.6 is 0 Å². The van der Waals surface area contributed by atoms with Gasteiger partial charge in [0.15, 0.2) is 0 Å². The number of fused-ring (bicyclic) bond motifs is 1. The van der Waals surface area contributed by atoms with E-state index in [0.717, 1.165) is 17.0 Å². The highest BCUT2D eigenvalue weighted by Gasteiger charge is 2.68. The van der Waals surface area contributed by atoms with Gasteiger partial charge in [-0.05, 0) is 49.1 Å². The molecule has 0 saturated carbocycles. The number of aliphatic carboxylic acids is 1. The number of primary amides is 1. The first-order valence-corrected chi connectivity index (χ1v) is 11.7. The third kappa shape index (κ3) is 4.88. The fourth-order valence-corrected chi connectivity index (χ4v) is 5.36. The molecule has 4 unspecified atom stereocenters. The Kier molecular flexibility index (Phi) is 7.06. The van der Waals surface area contributed by atoms with Crippen LogP contribution in [0.3, 0.4) is 0 Å². The van der Waals surface area contributed by atoms with E-state index in [4.69, 9.17) is 5.73 Å². The number of para-hydroxylation sites is 1. The number of hydrogen-bond donors (Lipinski definition) is 4. The molecule has 10 nitrogen and oxygen atoms in total. The average molecular weight is 534 g/mol. The van der Waals surface area contributed by atoms with Crippen LogP contribution in [0.15, 0.2) is 48.5 Å². The predicted molar refractivity (Wildman–Crippen MR) is 127 cm³/mol. The van der Waals surface area contributed by atoms with Crippen molar-refractivity contribution in [2.24, 2.45) is 17.6 Å². The second kappa shape index (κ2) is 9.97. The van der Waals surface area contributed by atoms with Crippen LogP contribution in [0, 0.1) is 18.8 Å². The van der Waals surface area contributed by atoms with Crippen LogP contribution in [0.4, 0.5) is 23.7 Å². The van der Waals surface area contributed by atoms with Gasteiger partial charge < -0.3 is 20.9 Å². The lowest BCUT2D eigenvalue weighted by Gasteiger charge is -2.31. The minimum atomic E-state index is -4.97. The van der Waals surface area contributed by atoms with E-state index in [-0.39, 0.29) is 24.9 Å². The van der Waals surface area contributed by atoms with Crippen LogP contribution in [0.25, 0.3) is 0 Å². The molecule has 0 spiro atoms. The number of nitrogens with zero attached hydrogens (tertiary/aromatic N) is 1. The van der Waals surface area contributed by atoms with Crippen molar-refractivity contribution in [3.8, 4) is 5.75 Å². The van der Waals surface area contributed by atoms with E-state index in [9.17, 15) is 37.5 Å². The average Bonchev–Trinajstić information content (AvgIpc) is 3.31. The van der Waals surface area contributed by atoms with Crippen LogP contribution in [0.2, 0.25) is 0 Å². The van der Waals surface area contributed by atoms with Crippen molar-refractivity contribution in [3.63, 3.8) is 0 Å².